The summed E-state index contributed by atoms with van der Waals surface area (Å²) in [6.45, 7) is 4.27. The van der Waals surface area contributed by atoms with Crippen LogP contribution in [0, 0.1) is 12.7 Å². The SMILES string of the molecule is Cc1cc(F)ccc1CCN1CCC(=O)C1. The number of rotatable bonds is 3. The monoisotopic (exact) mass is 221 g/mol. The highest BCUT2D eigenvalue weighted by atomic mass is 19.1. The normalized spacial score (nSPS) is 17.0. The van der Waals surface area contributed by atoms with Crippen LogP contribution < -0.4 is 0 Å². The molecule has 86 valence electrons. The first kappa shape index (κ1) is 11.3. The summed E-state index contributed by atoms with van der Waals surface area (Å²) in [7, 11) is 0. The van der Waals surface area contributed by atoms with E-state index in [0.29, 0.717) is 18.7 Å². The number of aryl methyl sites for hydroxylation is 1. The fourth-order valence-electron chi connectivity index (χ4n) is 2.10. The lowest BCUT2D eigenvalue weighted by Crippen LogP contribution is -2.23. The van der Waals surface area contributed by atoms with Crippen LogP contribution in [-0.4, -0.2) is 30.3 Å². The van der Waals surface area contributed by atoms with Gasteiger partial charge in [-0.3, -0.25) is 9.69 Å². The van der Waals surface area contributed by atoms with Crippen molar-refractivity contribution in [2.24, 2.45) is 0 Å². The number of benzene rings is 1. The fourth-order valence-corrected chi connectivity index (χ4v) is 2.10. The highest BCUT2D eigenvalue weighted by molar-refractivity contribution is 5.82. The van der Waals surface area contributed by atoms with Crippen LogP contribution in [0.4, 0.5) is 4.39 Å². The Morgan fingerprint density at radius 3 is 2.88 bits per heavy atom. The van der Waals surface area contributed by atoms with Crippen molar-refractivity contribution in [3.8, 4) is 0 Å². The summed E-state index contributed by atoms with van der Waals surface area (Å²) in [4.78, 5) is 13.2. The van der Waals surface area contributed by atoms with E-state index in [1.165, 1.54) is 11.6 Å². The Morgan fingerprint density at radius 1 is 1.44 bits per heavy atom. The van der Waals surface area contributed by atoms with E-state index in [9.17, 15) is 9.18 Å². The van der Waals surface area contributed by atoms with Gasteiger partial charge < -0.3 is 0 Å². The van der Waals surface area contributed by atoms with Crippen LogP contribution in [0.3, 0.4) is 0 Å². The minimum Gasteiger partial charge on any atom is -0.298 e. The number of ketones is 1. The molecule has 16 heavy (non-hydrogen) atoms. The van der Waals surface area contributed by atoms with E-state index < -0.39 is 0 Å². The second-order valence-electron chi connectivity index (χ2n) is 4.39. The van der Waals surface area contributed by atoms with Crippen molar-refractivity contribution in [3.63, 3.8) is 0 Å². The summed E-state index contributed by atoms with van der Waals surface area (Å²) in [5, 5.41) is 0. The molecule has 1 aromatic rings. The molecule has 3 heteroatoms. The summed E-state index contributed by atoms with van der Waals surface area (Å²) in [5.41, 5.74) is 2.16. The molecular weight excluding hydrogens is 205 g/mol. The zero-order valence-corrected chi connectivity index (χ0v) is 9.50. The van der Waals surface area contributed by atoms with Gasteiger partial charge in [-0.15, -0.1) is 0 Å². The van der Waals surface area contributed by atoms with Crippen molar-refractivity contribution >= 4 is 5.78 Å². The Morgan fingerprint density at radius 2 is 2.25 bits per heavy atom. The Kier molecular flexibility index (Phi) is 3.34. The first-order valence-electron chi connectivity index (χ1n) is 5.64. The maximum absolute atomic E-state index is 12.9. The molecule has 1 fully saturated rings. The molecule has 1 aliphatic rings. The van der Waals surface area contributed by atoms with E-state index >= 15 is 0 Å². The molecule has 0 atom stereocenters. The molecule has 2 rings (SSSR count). The number of hydrogen-bond acceptors (Lipinski definition) is 2. The van der Waals surface area contributed by atoms with E-state index in [2.05, 4.69) is 4.90 Å². The van der Waals surface area contributed by atoms with Crippen LogP contribution >= 0.6 is 0 Å². The minimum absolute atomic E-state index is 0.183. The molecule has 0 spiro atoms. The van der Waals surface area contributed by atoms with Crippen LogP contribution in [0.2, 0.25) is 0 Å². The number of nitrogens with zero attached hydrogens (tertiary/aromatic N) is 1. The van der Waals surface area contributed by atoms with Gasteiger partial charge >= 0.3 is 0 Å². The Labute approximate surface area is 95.1 Å². The van der Waals surface area contributed by atoms with Gasteiger partial charge in [-0.1, -0.05) is 6.07 Å². The Hall–Kier alpha value is -1.22. The molecule has 0 unspecified atom stereocenters. The quantitative estimate of drug-likeness (QED) is 0.777. The molecule has 0 N–H and O–H groups in total. The molecule has 1 aliphatic heterocycles. The molecular formula is C13H16FNO. The molecule has 0 radical (unpaired) electrons. The van der Waals surface area contributed by atoms with Crippen molar-refractivity contribution in [1.29, 1.82) is 0 Å². The van der Waals surface area contributed by atoms with Crippen LogP contribution in [0.5, 0.6) is 0 Å². The third-order valence-electron chi connectivity index (χ3n) is 3.11. The lowest BCUT2D eigenvalue weighted by Gasteiger charge is -2.14. The predicted octanol–water partition coefficient (Wildman–Crippen LogP) is 1.95. The van der Waals surface area contributed by atoms with Gasteiger partial charge in [-0.2, -0.15) is 0 Å². The molecule has 0 saturated carbocycles. The van der Waals surface area contributed by atoms with Gasteiger partial charge in [0.15, 0.2) is 0 Å². The molecule has 0 amide bonds. The number of carbonyl (C=O) groups excluding carboxylic acids is 1. The third-order valence-corrected chi connectivity index (χ3v) is 3.11. The molecule has 1 heterocycles. The average molecular weight is 221 g/mol. The number of carbonyl (C=O) groups is 1. The summed E-state index contributed by atoms with van der Waals surface area (Å²) in [6.07, 6.45) is 1.57. The first-order chi connectivity index (χ1) is 7.65. The van der Waals surface area contributed by atoms with Gasteiger partial charge in [-0.25, -0.2) is 4.39 Å². The van der Waals surface area contributed by atoms with Gasteiger partial charge in [0, 0.05) is 19.5 Å². The molecule has 0 bridgehead atoms. The zero-order valence-electron chi connectivity index (χ0n) is 9.50. The maximum Gasteiger partial charge on any atom is 0.148 e. The van der Waals surface area contributed by atoms with E-state index in [1.807, 2.05) is 13.0 Å². The second-order valence-corrected chi connectivity index (χ2v) is 4.39. The van der Waals surface area contributed by atoms with E-state index in [-0.39, 0.29) is 5.82 Å². The number of Topliss-reactive ketones (excluding diaryl/α,β-unsaturated/α-hetero) is 1. The van der Waals surface area contributed by atoms with Gasteiger partial charge in [0.1, 0.15) is 11.6 Å². The highest BCUT2D eigenvalue weighted by Crippen LogP contribution is 2.12. The van der Waals surface area contributed by atoms with Crippen LogP contribution in [0.25, 0.3) is 0 Å². The lowest BCUT2D eigenvalue weighted by molar-refractivity contribution is -0.116. The Balaban J connectivity index is 1.92. The van der Waals surface area contributed by atoms with E-state index in [0.717, 1.165) is 25.1 Å². The van der Waals surface area contributed by atoms with Crippen LogP contribution in [-0.2, 0) is 11.2 Å². The third kappa shape index (κ3) is 2.67. The van der Waals surface area contributed by atoms with Gasteiger partial charge in [0.2, 0.25) is 0 Å². The van der Waals surface area contributed by atoms with Crippen molar-refractivity contribution in [1.82, 2.24) is 4.90 Å². The van der Waals surface area contributed by atoms with Gasteiger partial charge in [-0.05, 0) is 36.6 Å². The van der Waals surface area contributed by atoms with Gasteiger partial charge in [0.05, 0.1) is 6.54 Å². The van der Waals surface area contributed by atoms with Crippen molar-refractivity contribution < 1.29 is 9.18 Å². The van der Waals surface area contributed by atoms with Crippen LogP contribution in [0.1, 0.15) is 17.5 Å². The highest BCUT2D eigenvalue weighted by Gasteiger charge is 2.18. The lowest BCUT2D eigenvalue weighted by atomic mass is 10.1. The zero-order chi connectivity index (χ0) is 11.5. The topological polar surface area (TPSA) is 20.3 Å². The van der Waals surface area contributed by atoms with Crippen molar-refractivity contribution in [2.45, 2.75) is 19.8 Å². The van der Waals surface area contributed by atoms with Crippen molar-refractivity contribution in [2.75, 3.05) is 19.6 Å². The smallest absolute Gasteiger partial charge is 0.148 e. The van der Waals surface area contributed by atoms with Crippen molar-refractivity contribution in [3.05, 3.63) is 35.1 Å². The minimum atomic E-state index is -0.183. The summed E-state index contributed by atoms with van der Waals surface area (Å²) >= 11 is 0. The number of halogens is 1. The maximum atomic E-state index is 12.9. The summed E-state index contributed by atoms with van der Waals surface area (Å²) < 4.78 is 12.9. The second kappa shape index (κ2) is 4.74. The first-order valence-corrected chi connectivity index (χ1v) is 5.64. The molecule has 0 aromatic heterocycles. The predicted molar refractivity (Wildman–Crippen MR) is 60.9 cm³/mol. The number of likely N-dealkylation sites (tertiary alicyclic amines) is 1. The van der Waals surface area contributed by atoms with E-state index in [1.54, 1.807) is 6.07 Å². The van der Waals surface area contributed by atoms with E-state index in [4.69, 9.17) is 0 Å². The average Bonchev–Trinajstić information content (AvgIpc) is 2.63. The molecule has 1 aromatic carbocycles. The van der Waals surface area contributed by atoms with Gasteiger partial charge in [0.25, 0.3) is 0 Å². The van der Waals surface area contributed by atoms with Crippen LogP contribution in [0.15, 0.2) is 18.2 Å². The fraction of sp³-hybridized carbons (Fsp3) is 0.462. The summed E-state index contributed by atoms with van der Waals surface area (Å²) in [6, 6.07) is 4.89. The molecule has 1 saturated heterocycles. The number of hydrogen-bond donors (Lipinski definition) is 0. The standard InChI is InChI=1S/C13H16FNO/c1-10-8-12(14)3-2-11(10)4-6-15-7-5-13(16)9-15/h2-3,8H,4-7,9H2,1H3. The summed E-state index contributed by atoms with van der Waals surface area (Å²) in [5.74, 6) is 0.147. The molecule has 0 aliphatic carbocycles. The molecule has 2 nitrogen and oxygen atoms in total. The largest absolute Gasteiger partial charge is 0.298 e. The Bertz CT molecular complexity index is 403.